The van der Waals surface area contributed by atoms with Gasteiger partial charge < -0.3 is 0 Å². The molecule has 0 unspecified atom stereocenters. The van der Waals surface area contributed by atoms with Crippen molar-refractivity contribution in [1.82, 2.24) is 20.4 Å². The monoisotopic (exact) mass is 262 g/mol. The molecule has 4 aromatic rings. The number of ketones is 1. The van der Waals surface area contributed by atoms with Crippen LogP contribution in [0.1, 0.15) is 16.2 Å². The minimum atomic E-state index is -0.181. The highest BCUT2D eigenvalue weighted by Gasteiger charge is 2.20. The maximum atomic E-state index is 12.6. The molecule has 0 bridgehead atoms. The van der Waals surface area contributed by atoms with Crippen molar-refractivity contribution in [1.29, 1.82) is 0 Å². The number of para-hydroxylation sites is 2. The number of rotatable bonds is 2. The fourth-order valence-electron chi connectivity index (χ4n) is 2.39. The van der Waals surface area contributed by atoms with E-state index >= 15 is 0 Å². The van der Waals surface area contributed by atoms with Crippen LogP contribution >= 0.6 is 0 Å². The number of H-pyrrole nitrogens is 2. The number of hydrogen-bond acceptors (Lipinski definition) is 3. The third-order valence-corrected chi connectivity index (χ3v) is 3.37. The summed E-state index contributed by atoms with van der Waals surface area (Å²) in [6.45, 7) is 0. The van der Waals surface area contributed by atoms with Crippen LogP contribution in [0.4, 0.5) is 0 Å². The highest BCUT2D eigenvalue weighted by molar-refractivity contribution is 6.18. The van der Waals surface area contributed by atoms with E-state index < -0.39 is 0 Å². The summed E-state index contributed by atoms with van der Waals surface area (Å²) in [4.78, 5) is 12.6. The third kappa shape index (κ3) is 1.46. The van der Waals surface area contributed by atoms with E-state index in [0.29, 0.717) is 11.4 Å². The predicted molar refractivity (Wildman–Crippen MR) is 75.6 cm³/mol. The maximum absolute atomic E-state index is 12.6. The fourth-order valence-corrected chi connectivity index (χ4v) is 2.39. The Morgan fingerprint density at radius 3 is 1.70 bits per heavy atom. The van der Waals surface area contributed by atoms with Crippen molar-refractivity contribution >= 4 is 27.6 Å². The Bertz CT molecular complexity index is 859. The van der Waals surface area contributed by atoms with Crippen molar-refractivity contribution in [3.05, 3.63) is 59.9 Å². The van der Waals surface area contributed by atoms with E-state index in [9.17, 15) is 4.79 Å². The number of carbonyl (C=O) groups excluding carboxylic acids is 1. The molecule has 4 rings (SSSR count). The van der Waals surface area contributed by atoms with Gasteiger partial charge in [0.05, 0.1) is 11.0 Å². The normalized spacial score (nSPS) is 11.2. The van der Waals surface area contributed by atoms with Gasteiger partial charge in [-0.25, -0.2) is 0 Å². The molecule has 0 spiro atoms. The van der Waals surface area contributed by atoms with Crippen molar-refractivity contribution in [2.45, 2.75) is 0 Å². The first kappa shape index (κ1) is 10.9. The van der Waals surface area contributed by atoms with Gasteiger partial charge in [-0.1, -0.05) is 36.4 Å². The molecule has 0 amide bonds. The molecule has 0 atom stereocenters. The summed E-state index contributed by atoms with van der Waals surface area (Å²) >= 11 is 0. The molecule has 0 aliphatic heterocycles. The smallest absolute Gasteiger partial charge is 0.234 e. The fraction of sp³-hybridized carbons (Fsp3) is 0. The van der Waals surface area contributed by atoms with Gasteiger partial charge in [-0.15, -0.1) is 0 Å². The first-order valence-corrected chi connectivity index (χ1v) is 6.25. The average molecular weight is 262 g/mol. The molecule has 0 saturated carbocycles. The number of aromatic nitrogens is 4. The lowest BCUT2D eigenvalue weighted by molar-refractivity contribution is 0.103. The predicted octanol–water partition coefficient (Wildman–Crippen LogP) is 2.67. The second kappa shape index (κ2) is 4.03. The molecule has 2 N–H and O–H groups in total. The summed E-state index contributed by atoms with van der Waals surface area (Å²) in [7, 11) is 0. The van der Waals surface area contributed by atoms with Crippen LogP contribution in [-0.2, 0) is 0 Å². The Labute approximate surface area is 113 Å². The molecule has 5 heteroatoms. The van der Waals surface area contributed by atoms with Crippen LogP contribution < -0.4 is 0 Å². The summed E-state index contributed by atoms with van der Waals surface area (Å²) in [6, 6.07) is 15.1. The number of hydrogen-bond donors (Lipinski definition) is 2. The number of fused-ring (bicyclic) bond motifs is 2. The quantitative estimate of drug-likeness (QED) is 0.545. The molecule has 0 aliphatic carbocycles. The van der Waals surface area contributed by atoms with Gasteiger partial charge >= 0.3 is 0 Å². The zero-order valence-corrected chi connectivity index (χ0v) is 10.4. The first-order chi connectivity index (χ1) is 9.84. The Balaban J connectivity index is 1.92. The van der Waals surface area contributed by atoms with E-state index in [0.717, 1.165) is 21.8 Å². The Morgan fingerprint density at radius 2 is 1.20 bits per heavy atom. The van der Waals surface area contributed by atoms with E-state index in [1.807, 2.05) is 48.5 Å². The number of aromatic amines is 2. The molecule has 20 heavy (non-hydrogen) atoms. The molecule has 5 nitrogen and oxygen atoms in total. The van der Waals surface area contributed by atoms with Gasteiger partial charge in [0.15, 0.2) is 0 Å². The van der Waals surface area contributed by atoms with Crippen molar-refractivity contribution in [3.8, 4) is 0 Å². The van der Waals surface area contributed by atoms with E-state index in [4.69, 9.17) is 0 Å². The second-order valence-electron chi connectivity index (χ2n) is 4.56. The number of benzene rings is 2. The molecule has 96 valence electrons. The van der Waals surface area contributed by atoms with Gasteiger partial charge in [0.2, 0.25) is 5.78 Å². The van der Waals surface area contributed by atoms with E-state index in [-0.39, 0.29) is 5.78 Å². The summed E-state index contributed by atoms with van der Waals surface area (Å²) in [5, 5.41) is 15.6. The minimum absolute atomic E-state index is 0.181. The minimum Gasteiger partial charge on any atom is -0.285 e. The first-order valence-electron chi connectivity index (χ1n) is 6.25. The second-order valence-corrected chi connectivity index (χ2v) is 4.56. The van der Waals surface area contributed by atoms with Gasteiger partial charge in [-0.3, -0.25) is 15.0 Å². The summed E-state index contributed by atoms with van der Waals surface area (Å²) in [5.74, 6) is -0.181. The molecule has 2 aromatic carbocycles. The number of nitrogens with zero attached hydrogens (tertiary/aromatic N) is 2. The Morgan fingerprint density at radius 1 is 0.750 bits per heavy atom. The highest BCUT2D eigenvalue weighted by atomic mass is 16.1. The van der Waals surface area contributed by atoms with Gasteiger partial charge in [0.25, 0.3) is 0 Å². The molecular formula is C15H10N4O. The van der Waals surface area contributed by atoms with Gasteiger partial charge in [-0.05, 0) is 12.1 Å². The van der Waals surface area contributed by atoms with Crippen LogP contribution in [0.2, 0.25) is 0 Å². The van der Waals surface area contributed by atoms with E-state index in [1.54, 1.807) is 0 Å². The van der Waals surface area contributed by atoms with Gasteiger partial charge in [-0.2, -0.15) is 10.2 Å². The zero-order chi connectivity index (χ0) is 13.5. The number of carbonyl (C=O) groups is 1. The van der Waals surface area contributed by atoms with Gasteiger partial charge in [0, 0.05) is 10.8 Å². The third-order valence-electron chi connectivity index (χ3n) is 3.37. The molecule has 2 heterocycles. The average Bonchev–Trinajstić information content (AvgIpc) is 3.11. The lowest BCUT2D eigenvalue weighted by Gasteiger charge is -1.95. The molecule has 0 aliphatic rings. The summed E-state index contributed by atoms with van der Waals surface area (Å²) in [5.41, 5.74) is 2.49. The molecule has 0 radical (unpaired) electrons. The van der Waals surface area contributed by atoms with Crippen LogP contribution in [-0.4, -0.2) is 26.2 Å². The molecule has 0 fully saturated rings. The van der Waals surface area contributed by atoms with Crippen LogP contribution in [0.5, 0.6) is 0 Å². The highest BCUT2D eigenvalue weighted by Crippen LogP contribution is 2.22. The topological polar surface area (TPSA) is 74.4 Å². The van der Waals surface area contributed by atoms with Crippen LogP contribution in [0, 0.1) is 0 Å². The van der Waals surface area contributed by atoms with Crippen molar-refractivity contribution in [2.75, 3.05) is 0 Å². The molecule has 2 aromatic heterocycles. The molecular weight excluding hydrogens is 252 g/mol. The van der Waals surface area contributed by atoms with Gasteiger partial charge in [0.1, 0.15) is 11.4 Å². The van der Waals surface area contributed by atoms with E-state index in [1.165, 1.54) is 0 Å². The summed E-state index contributed by atoms with van der Waals surface area (Å²) in [6.07, 6.45) is 0. The Kier molecular flexibility index (Phi) is 2.20. The number of nitrogens with one attached hydrogen (secondary N) is 2. The lowest BCUT2D eigenvalue weighted by atomic mass is 10.1. The SMILES string of the molecule is O=C(c1n[nH]c2ccccc12)c1n[nH]c2ccccc12. The van der Waals surface area contributed by atoms with Crippen molar-refractivity contribution < 1.29 is 4.79 Å². The van der Waals surface area contributed by atoms with Crippen LogP contribution in [0.25, 0.3) is 21.8 Å². The summed E-state index contributed by atoms with van der Waals surface area (Å²) < 4.78 is 0. The standard InChI is InChI=1S/C15H10N4O/c20-15(13-9-5-1-3-7-11(9)16-18-13)14-10-6-2-4-8-12(10)17-19-14/h1-8H,(H,16,18)(H,17,19). The lowest BCUT2D eigenvalue weighted by Crippen LogP contribution is -2.03. The Hall–Kier alpha value is -2.95. The maximum Gasteiger partial charge on any atom is 0.234 e. The van der Waals surface area contributed by atoms with E-state index in [2.05, 4.69) is 20.4 Å². The zero-order valence-electron chi connectivity index (χ0n) is 10.4. The molecule has 0 saturated heterocycles. The van der Waals surface area contributed by atoms with Crippen molar-refractivity contribution in [3.63, 3.8) is 0 Å². The van der Waals surface area contributed by atoms with Crippen molar-refractivity contribution in [2.24, 2.45) is 0 Å². The van der Waals surface area contributed by atoms with Crippen LogP contribution in [0.3, 0.4) is 0 Å². The largest absolute Gasteiger partial charge is 0.285 e. The van der Waals surface area contributed by atoms with Crippen LogP contribution in [0.15, 0.2) is 48.5 Å².